The molecule has 0 aliphatic carbocycles. The van der Waals surface area contributed by atoms with E-state index in [1.54, 1.807) is 31.8 Å². The molecule has 3 heterocycles. The van der Waals surface area contributed by atoms with Crippen LogP contribution in [0.4, 0.5) is 5.95 Å². The molecule has 1 amide bonds. The van der Waals surface area contributed by atoms with Crippen LogP contribution in [0, 0.1) is 11.8 Å². The van der Waals surface area contributed by atoms with Gasteiger partial charge in [0.1, 0.15) is 0 Å². The molecule has 1 aliphatic rings. The van der Waals surface area contributed by atoms with Gasteiger partial charge in [0.05, 0.1) is 12.5 Å². The van der Waals surface area contributed by atoms with Gasteiger partial charge in [-0.05, 0) is 24.1 Å². The van der Waals surface area contributed by atoms with Gasteiger partial charge in [-0.2, -0.15) is 0 Å². The second-order valence-electron chi connectivity index (χ2n) is 6.18. The molecule has 1 aliphatic heterocycles. The van der Waals surface area contributed by atoms with Crippen molar-refractivity contribution >= 4 is 11.9 Å². The fraction of sp³-hybridized carbons (Fsp3) is 0.444. The molecule has 1 saturated heterocycles. The van der Waals surface area contributed by atoms with Crippen molar-refractivity contribution in [2.45, 2.75) is 6.42 Å². The normalized spacial score (nSPS) is 19.8. The van der Waals surface area contributed by atoms with Gasteiger partial charge in [-0.1, -0.05) is 6.07 Å². The minimum atomic E-state index is -0.127. The van der Waals surface area contributed by atoms with Crippen LogP contribution in [0.3, 0.4) is 0 Å². The van der Waals surface area contributed by atoms with Crippen molar-refractivity contribution in [2.24, 2.45) is 11.8 Å². The maximum atomic E-state index is 12.6. The lowest BCUT2D eigenvalue weighted by Crippen LogP contribution is -2.37. The Kier molecular flexibility index (Phi) is 5.90. The number of nitrogens with zero attached hydrogens (tertiary/aromatic N) is 4. The molecule has 2 atom stereocenters. The Labute approximate surface area is 147 Å². The summed E-state index contributed by atoms with van der Waals surface area (Å²) in [6.07, 6.45) is 7.77. The standard InChI is InChI=1S/C18H23N5O2/c1-25-13-15-11-23(18-21-7-3-8-22-18)12-16(15)17(24)20-9-5-14-4-2-6-19-10-14/h2-4,6-8,10,15-16H,5,9,11-13H2,1H3,(H,20,24)/t15-,16+/m0/s1. The van der Waals surface area contributed by atoms with Gasteiger partial charge in [0, 0.05) is 57.4 Å². The van der Waals surface area contributed by atoms with E-state index in [-0.39, 0.29) is 17.7 Å². The van der Waals surface area contributed by atoms with Crippen molar-refractivity contribution in [2.75, 3.05) is 38.3 Å². The Balaban J connectivity index is 1.57. The number of carbonyl (C=O) groups excluding carboxylic acids is 1. The fourth-order valence-electron chi connectivity index (χ4n) is 3.18. The molecular weight excluding hydrogens is 318 g/mol. The largest absolute Gasteiger partial charge is 0.384 e. The van der Waals surface area contributed by atoms with Gasteiger partial charge < -0.3 is 15.0 Å². The van der Waals surface area contributed by atoms with Crippen LogP contribution < -0.4 is 10.2 Å². The minimum absolute atomic E-state index is 0.0596. The van der Waals surface area contributed by atoms with Crippen LogP contribution >= 0.6 is 0 Å². The molecule has 0 saturated carbocycles. The summed E-state index contributed by atoms with van der Waals surface area (Å²) >= 11 is 0. The third-order valence-corrected chi connectivity index (χ3v) is 4.43. The zero-order chi connectivity index (χ0) is 17.5. The first kappa shape index (κ1) is 17.3. The Morgan fingerprint density at radius 3 is 2.84 bits per heavy atom. The number of methoxy groups -OCH3 is 1. The molecule has 1 N–H and O–H groups in total. The first-order valence-corrected chi connectivity index (χ1v) is 8.45. The molecule has 1 fully saturated rings. The van der Waals surface area contributed by atoms with Crippen molar-refractivity contribution in [1.82, 2.24) is 20.3 Å². The highest BCUT2D eigenvalue weighted by Gasteiger charge is 2.38. The van der Waals surface area contributed by atoms with Crippen LogP contribution in [0.2, 0.25) is 0 Å². The van der Waals surface area contributed by atoms with Crippen LogP contribution in [-0.4, -0.2) is 54.2 Å². The number of rotatable bonds is 7. The van der Waals surface area contributed by atoms with Crippen molar-refractivity contribution in [1.29, 1.82) is 0 Å². The first-order chi connectivity index (χ1) is 12.3. The number of aromatic nitrogens is 3. The second-order valence-corrected chi connectivity index (χ2v) is 6.18. The third-order valence-electron chi connectivity index (χ3n) is 4.43. The van der Waals surface area contributed by atoms with Crippen LogP contribution in [0.25, 0.3) is 0 Å². The number of carbonyl (C=O) groups is 1. The smallest absolute Gasteiger partial charge is 0.225 e. The van der Waals surface area contributed by atoms with Gasteiger partial charge in [-0.3, -0.25) is 9.78 Å². The molecule has 0 aromatic carbocycles. The summed E-state index contributed by atoms with van der Waals surface area (Å²) in [5.41, 5.74) is 1.11. The third kappa shape index (κ3) is 4.51. The Bertz CT molecular complexity index is 668. The Morgan fingerprint density at radius 2 is 2.12 bits per heavy atom. The topological polar surface area (TPSA) is 80.2 Å². The molecule has 2 aromatic rings. The molecule has 25 heavy (non-hydrogen) atoms. The number of nitrogens with one attached hydrogen (secondary N) is 1. The van der Waals surface area contributed by atoms with Gasteiger partial charge >= 0.3 is 0 Å². The van der Waals surface area contributed by atoms with Crippen LogP contribution in [0.15, 0.2) is 43.0 Å². The quantitative estimate of drug-likeness (QED) is 0.807. The molecule has 0 radical (unpaired) electrons. The highest BCUT2D eigenvalue weighted by atomic mass is 16.5. The Hall–Kier alpha value is -2.54. The van der Waals surface area contributed by atoms with Crippen LogP contribution in [0.5, 0.6) is 0 Å². The van der Waals surface area contributed by atoms with Gasteiger partial charge in [-0.15, -0.1) is 0 Å². The number of pyridine rings is 1. The van der Waals surface area contributed by atoms with E-state index >= 15 is 0 Å². The molecular formula is C18H23N5O2. The maximum absolute atomic E-state index is 12.6. The number of hydrogen-bond donors (Lipinski definition) is 1. The van der Waals surface area contributed by atoms with E-state index in [1.807, 2.05) is 18.3 Å². The number of hydrogen-bond acceptors (Lipinski definition) is 6. The average molecular weight is 341 g/mol. The van der Waals surface area contributed by atoms with Gasteiger partial charge in [0.15, 0.2) is 0 Å². The summed E-state index contributed by atoms with van der Waals surface area (Å²) in [4.78, 5) is 27.4. The molecule has 0 bridgehead atoms. The lowest BCUT2D eigenvalue weighted by molar-refractivity contribution is -0.126. The molecule has 3 rings (SSSR count). The summed E-state index contributed by atoms with van der Waals surface area (Å²) in [5, 5.41) is 3.04. The summed E-state index contributed by atoms with van der Waals surface area (Å²) in [7, 11) is 1.67. The van der Waals surface area contributed by atoms with Crippen LogP contribution in [0.1, 0.15) is 5.56 Å². The van der Waals surface area contributed by atoms with E-state index in [2.05, 4.69) is 25.2 Å². The fourth-order valence-corrected chi connectivity index (χ4v) is 3.18. The van der Waals surface area contributed by atoms with Crippen molar-refractivity contribution in [3.63, 3.8) is 0 Å². The van der Waals surface area contributed by atoms with Crippen molar-refractivity contribution < 1.29 is 9.53 Å². The van der Waals surface area contributed by atoms with E-state index in [9.17, 15) is 4.79 Å². The minimum Gasteiger partial charge on any atom is -0.384 e. The zero-order valence-corrected chi connectivity index (χ0v) is 14.3. The number of anilines is 1. The molecule has 0 spiro atoms. The van der Waals surface area contributed by atoms with Crippen LogP contribution in [-0.2, 0) is 16.0 Å². The molecule has 132 valence electrons. The SMILES string of the molecule is COC[C@@H]1CN(c2ncccn2)C[C@H]1C(=O)NCCc1cccnc1. The van der Waals surface area contributed by atoms with Gasteiger partial charge in [-0.25, -0.2) is 9.97 Å². The Morgan fingerprint density at radius 1 is 1.28 bits per heavy atom. The van der Waals surface area contributed by atoms with Crippen molar-refractivity contribution in [3.8, 4) is 0 Å². The number of amides is 1. The predicted octanol–water partition coefficient (Wildman–Crippen LogP) is 0.929. The molecule has 0 unspecified atom stereocenters. The summed E-state index contributed by atoms with van der Waals surface area (Å²) < 4.78 is 5.31. The van der Waals surface area contributed by atoms with E-state index in [0.717, 1.165) is 18.5 Å². The predicted molar refractivity (Wildman–Crippen MR) is 94.1 cm³/mol. The van der Waals surface area contributed by atoms with E-state index in [4.69, 9.17) is 4.74 Å². The van der Waals surface area contributed by atoms with Gasteiger partial charge in [0.2, 0.25) is 11.9 Å². The monoisotopic (exact) mass is 341 g/mol. The number of ether oxygens (including phenoxy) is 1. The molecule has 7 nitrogen and oxygen atoms in total. The molecule has 2 aromatic heterocycles. The highest BCUT2D eigenvalue weighted by Crippen LogP contribution is 2.26. The maximum Gasteiger partial charge on any atom is 0.225 e. The summed E-state index contributed by atoms with van der Waals surface area (Å²) in [6.45, 7) is 2.47. The summed E-state index contributed by atoms with van der Waals surface area (Å²) in [6, 6.07) is 5.70. The lowest BCUT2D eigenvalue weighted by Gasteiger charge is -2.16. The molecule has 7 heteroatoms. The second kappa shape index (κ2) is 8.53. The summed E-state index contributed by atoms with van der Waals surface area (Å²) in [5.74, 6) is 0.725. The lowest BCUT2D eigenvalue weighted by atomic mass is 9.96. The van der Waals surface area contributed by atoms with Gasteiger partial charge in [0.25, 0.3) is 0 Å². The van der Waals surface area contributed by atoms with E-state index in [0.29, 0.717) is 25.6 Å². The highest BCUT2D eigenvalue weighted by molar-refractivity contribution is 5.80. The first-order valence-electron chi connectivity index (χ1n) is 8.45. The van der Waals surface area contributed by atoms with E-state index in [1.165, 1.54) is 0 Å². The zero-order valence-electron chi connectivity index (χ0n) is 14.3. The average Bonchev–Trinajstić information content (AvgIpc) is 3.08. The van der Waals surface area contributed by atoms with E-state index < -0.39 is 0 Å². The van der Waals surface area contributed by atoms with Crippen molar-refractivity contribution in [3.05, 3.63) is 48.5 Å².